The van der Waals surface area contributed by atoms with E-state index in [1.54, 1.807) is 0 Å². The van der Waals surface area contributed by atoms with Crippen LogP contribution in [0.4, 0.5) is 5.69 Å². The van der Waals surface area contributed by atoms with Crippen molar-refractivity contribution in [2.24, 2.45) is 5.92 Å². The second-order valence-electron chi connectivity index (χ2n) is 7.01. The molecule has 1 aromatic carbocycles. The summed E-state index contributed by atoms with van der Waals surface area (Å²) < 4.78 is 52.6. The zero-order chi connectivity index (χ0) is 20.9. The predicted molar refractivity (Wildman–Crippen MR) is 99.3 cm³/mol. The summed E-state index contributed by atoms with van der Waals surface area (Å²) in [6.07, 6.45) is 2.14. The molecule has 0 saturated carbocycles. The summed E-state index contributed by atoms with van der Waals surface area (Å²) in [5.74, 6) is -1.30. The van der Waals surface area contributed by atoms with Gasteiger partial charge in [0.05, 0.1) is 34.1 Å². The Morgan fingerprint density at radius 2 is 1.79 bits per heavy atom. The van der Waals surface area contributed by atoms with E-state index in [2.05, 4.69) is 0 Å². The van der Waals surface area contributed by atoms with Crippen molar-refractivity contribution in [1.29, 1.82) is 0 Å². The highest BCUT2D eigenvalue weighted by Gasteiger charge is 2.58. The van der Waals surface area contributed by atoms with E-state index in [1.165, 1.54) is 4.31 Å². The Kier molecular flexibility index (Phi) is 5.23. The van der Waals surface area contributed by atoms with E-state index in [0.29, 0.717) is 12.8 Å². The van der Waals surface area contributed by atoms with E-state index in [4.69, 9.17) is 0 Å². The highest BCUT2D eigenvalue weighted by atomic mass is 32.2. The highest BCUT2D eigenvalue weighted by molar-refractivity contribution is 7.89. The average Bonchev–Trinajstić information content (AvgIpc) is 3.13. The molecule has 2 saturated heterocycles. The Labute approximate surface area is 163 Å². The fourth-order valence-electron chi connectivity index (χ4n) is 4.14. The number of nitrogens with zero attached hydrogens (tertiary/aromatic N) is 3. The summed E-state index contributed by atoms with van der Waals surface area (Å²) in [6.45, 7) is 1.92. The van der Waals surface area contributed by atoms with E-state index in [9.17, 15) is 31.7 Å². The van der Waals surface area contributed by atoms with E-state index >= 15 is 0 Å². The lowest BCUT2D eigenvalue weighted by molar-refractivity contribution is -0.384. The van der Waals surface area contributed by atoms with Gasteiger partial charge in [0.1, 0.15) is 0 Å². The number of nitro benzene ring substituents is 1. The molecule has 0 aromatic heterocycles. The molecule has 10 nitrogen and oxygen atoms in total. The monoisotopic (exact) mass is 431 g/mol. The molecular formula is C16H21N3O7S2. The Balaban J connectivity index is 2.01. The highest BCUT2D eigenvalue weighted by Crippen LogP contribution is 2.42. The van der Waals surface area contributed by atoms with Gasteiger partial charge in [-0.15, -0.1) is 0 Å². The van der Waals surface area contributed by atoms with Crippen LogP contribution in [-0.4, -0.2) is 61.2 Å². The quantitative estimate of drug-likeness (QED) is 0.483. The van der Waals surface area contributed by atoms with Gasteiger partial charge in [-0.25, -0.2) is 21.1 Å². The van der Waals surface area contributed by atoms with Crippen LogP contribution in [0.3, 0.4) is 0 Å². The van der Waals surface area contributed by atoms with Crippen molar-refractivity contribution in [1.82, 2.24) is 8.61 Å². The van der Waals surface area contributed by atoms with Crippen molar-refractivity contribution in [3.8, 4) is 0 Å². The largest absolute Gasteiger partial charge is 0.273 e. The third-order valence-corrected chi connectivity index (χ3v) is 8.31. The first-order valence-electron chi connectivity index (χ1n) is 8.79. The average molecular weight is 431 g/mol. The fourth-order valence-corrected chi connectivity index (χ4v) is 7.03. The molecule has 12 heteroatoms. The Morgan fingerprint density at radius 3 is 2.29 bits per heavy atom. The molecule has 1 aromatic rings. The normalized spacial score (nSPS) is 25.9. The summed E-state index contributed by atoms with van der Waals surface area (Å²) in [4.78, 5) is 22.8. The maximum atomic E-state index is 13.1. The van der Waals surface area contributed by atoms with E-state index < -0.39 is 48.9 Å². The molecule has 154 valence electrons. The van der Waals surface area contributed by atoms with E-state index in [0.717, 1.165) is 34.8 Å². The summed E-state index contributed by atoms with van der Waals surface area (Å²) in [5.41, 5.74) is -0.235. The summed E-state index contributed by atoms with van der Waals surface area (Å²) >= 11 is 0. The van der Waals surface area contributed by atoms with Crippen LogP contribution in [0.25, 0.3) is 0 Å². The van der Waals surface area contributed by atoms with Crippen LogP contribution in [0.15, 0.2) is 29.2 Å². The number of sulfonamides is 2. The van der Waals surface area contributed by atoms with Crippen LogP contribution in [0.2, 0.25) is 0 Å². The molecule has 0 spiro atoms. The second-order valence-corrected chi connectivity index (χ2v) is 10.8. The zero-order valence-electron chi connectivity index (χ0n) is 15.4. The first-order chi connectivity index (χ1) is 13.0. The van der Waals surface area contributed by atoms with Crippen LogP contribution in [-0.2, 0) is 24.8 Å². The van der Waals surface area contributed by atoms with Crippen molar-refractivity contribution in [3.63, 3.8) is 0 Å². The minimum absolute atomic E-state index is 0.0775. The molecule has 0 unspecified atom stereocenters. The number of rotatable bonds is 6. The number of fused-ring (bicyclic) bond motifs is 1. The van der Waals surface area contributed by atoms with Gasteiger partial charge in [0.15, 0.2) is 0 Å². The van der Waals surface area contributed by atoms with Crippen molar-refractivity contribution in [3.05, 3.63) is 34.4 Å². The van der Waals surface area contributed by atoms with Crippen LogP contribution in [0.1, 0.15) is 26.2 Å². The third-order valence-electron chi connectivity index (χ3n) is 5.23. The number of carbonyl (C=O) groups excluding carboxylic acids is 1. The number of benzene rings is 1. The Hall–Kier alpha value is -2.05. The number of amides is 1. The van der Waals surface area contributed by atoms with Gasteiger partial charge in [0.25, 0.3) is 5.69 Å². The lowest BCUT2D eigenvalue weighted by atomic mass is 9.95. The number of nitro groups is 1. The molecule has 2 fully saturated rings. The molecule has 0 N–H and O–H groups in total. The van der Waals surface area contributed by atoms with Crippen molar-refractivity contribution >= 4 is 31.6 Å². The first kappa shape index (κ1) is 20.7. The maximum Gasteiger partial charge on any atom is 0.269 e. The fraction of sp³-hybridized carbons (Fsp3) is 0.562. The number of hydrogen-bond acceptors (Lipinski definition) is 7. The van der Waals surface area contributed by atoms with Crippen molar-refractivity contribution < 1.29 is 26.6 Å². The van der Waals surface area contributed by atoms with Gasteiger partial charge in [-0.3, -0.25) is 14.9 Å². The van der Waals surface area contributed by atoms with E-state index in [1.807, 2.05) is 6.92 Å². The van der Waals surface area contributed by atoms with Gasteiger partial charge in [-0.05, 0) is 25.0 Å². The second kappa shape index (κ2) is 7.08. The number of non-ortho nitro benzene ring substituents is 1. The minimum Gasteiger partial charge on any atom is -0.273 e. The Morgan fingerprint density at radius 1 is 1.18 bits per heavy atom. The smallest absolute Gasteiger partial charge is 0.269 e. The van der Waals surface area contributed by atoms with Crippen LogP contribution in [0, 0.1) is 16.0 Å². The summed E-state index contributed by atoms with van der Waals surface area (Å²) in [6, 6.07) is 3.01. The minimum atomic E-state index is -4.04. The van der Waals surface area contributed by atoms with Crippen LogP contribution < -0.4 is 0 Å². The SMILES string of the molecule is CCC[C@H]1C(=O)N(S(C)(=O)=O)[C@H]2CCN(S(=O)(=O)c3ccc([N+](=O)[O-])cc3)[C@H]12. The molecular weight excluding hydrogens is 410 g/mol. The molecule has 3 atom stereocenters. The van der Waals surface area contributed by atoms with Crippen LogP contribution in [0.5, 0.6) is 0 Å². The molecule has 0 radical (unpaired) electrons. The molecule has 0 aliphatic carbocycles. The number of hydrogen-bond donors (Lipinski definition) is 0. The molecule has 2 aliphatic heterocycles. The molecule has 2 aliphatic rings. The van der Waals surface area contributed by atoms with Gasteiger partial charge >= 0.3 is 0 Å². The van der Waals surface area contributed by atoms with Gasteiger partial charge in [-0.2, -0.15) is 4.31 Å². The molecule has 3 rings (SSSR count). The van der Waals surface area contributed by atoms with Gasteiger partial charge in [0.2, 0.25) is 26.0 Å². The van der Waals surface area contributed by atoms with Crippen molar-refractivity contribution in [2.75, 3.05) is 12.8 Å². The lowest BCUT2D eigenvalue weighted by Gasteiger charge is -2.26. The molecule has 28 heavy (non-hydrogen) atoms. The van der Waals surface area contributed by atoms with Gasteiger partial charge < -0.3 is 0 Å². The van der Waals surface area contributed by atoms with Crippen molar-refractivity contribution in [2.45, 2.75) is 43.2 Å². The first-order valence-corrected chi connectivity index (χ1v) is 12.1. The van der Waals surface area contributed by atoms with E-state index in [-0.39, 0.29) is 23.5 Å². The predicted octanol–water partition coefficient (Wildman–Crippen LogP) is 0.945. The maximum absolute atomic E-state index is 13.1. The molecule has 2 heterocycles. The van der Waals surface area contributed by atoms with Gasteiger partial charge in [-0.1, -0.05) is 13.3 Å². The zero-order valence-corrected chi connectivity index (χ0v) is 17.0. The third kappa shape index (κ3) is 3.29. The lowest BCUT2D eigenvalue weighted by Crippen LogP contribution is -2.43. The standard InChI is InChI=1S/C16H21N3O7S2/c1-3-4-13-15-14(18(16(13)20)27(2,23)24)9-10-17(15)28(25,26)12-7-5-11(6-8-12)19(21)22/h5-8,13-15H,3-4,9-10H2,1-2H3/t13-,14+,15-/m1/s1. The number of carbonyl (C=O) groups is 1. The Bertz CT molecular complexity index is 1010. The van der Waals surface area contributed by atoms with Crippen LogP contribution >= 0.6 is 0 Å². The summed E-state index contributed by atoms with van der Waals surface area (Å²) in [5, 5.41) is 10.8. The van der Waals surface area contributed by atoms with Gasteiger partial charge in [0, 0.05) is 18.7 Å². The molecule has 1 amide bonds. The summed E-state index contributed by atoms with van der Waals surface area (Å²) in [7, 11) is -7.86. The molecule has 0 bridgehead atoms. The topological polar surface area (TPSA) is 135 Å².